The molecule has 0 bridgehead atoms. The number of ether oxygens (including phenoxy) is 1. The van der Waals surface area contributed by atoms with Crippen LogP contribution in [0.5, 0.6) is 0 Å². The second kappa shape index (κ2) is 5.74. The summed E-state index contributed by atoms with van der Waals surface area (Å²) in [6, 6.07) is 10.6. The van der Waals surface area contributed by atoms with Crippen molar-refractivity contribution in [1.82, 2.24) is 10.3 Å². The molecule has 3 rings (SSSR count). The van der Waals surface area contributed by atoms with Gasteiger partial charge in [-0.15, -0.1) is 0 Å². The summed E-state index contributed by atoms with van der Waals surface area (Å²) in [5.74, 6) is 0.540. The van der Waals surface area contributed by atoms with Gasteiger partial charge in [0.1, 0.15) is 0 Å². The summed E-state index contributed by atoms with van der Waals surface area (Å²) in [6.07, 6.45) is 3.16. The number of hydrogen-bond donors (Lipinski definition) is 1. The Morgan fingerprint density at radius 2 is 2.14 bits per heavy atom. The van der Waals surface area contributed by atoms with Crippen molar-refractivity contribution in [3.8, 4) is 0 Å². The summed E-state index contributed by atoms with van der Waals surface area (Å²) in [6.45, 7) is 8.48. The van der Waals surface area contributed by atoms with Crippen LogP contribution in [0.3, 0.4) is 0 Å². The van der Waals surface area contributed by atoms with Gasteiger partial charge < -0.3 is 10.1 Å². The van der Waals surface area contributed by atoms with Gasteiger partial charge in [-0.1, -0.05) is 12.1 Å². The van der Waals surface area contributed by atoms with Gasteiger partial charge in [0.05, 0.1) is 11.6 Å². The molecule has 1 N–H and O–H groups in total. The molecular weight excluding hydrogens is 260 g/mol. The Balaban J connectivity index is 1.79. The zero-order valence-electron chi connectivity index (χ0n) is 13.1. The largest absolute Gasteiger partial charge is 0.373 e. The molecule has 1 aliphatic heterocycles. The fourth-order valence-electron chi connectivity index (χ4n) is 2.92. The predicted molar refractivity (Wildman–Crippen MR) is 86.3 cm³/mol. The summed E-state index contributed by atoms with van der Waals surface area (Å²) in [4.78, 5) is 4.38. The summed E-state index contributed by atoms with van der Waals surface area (Å²) in [5, 5.41) is 4.80. The number of rotatable bonds is 3. The van der Waals surface area contributed by atoms with Crippen molar-refractivity contribution in [1.29, 1.82) is 0 Å². The number of nitrogens with one attached hydrogen (secondary N) is 1. The van der Waals surface area contributed by atoms with E-state index in [1.807, 2.05) is 12.3 Å². The summed E-state index contributed by atoms with van der Waals surface area (Å²) < 4.78 is 6.01. The SMILES string of the molecule is CC(C)(C)NCC1CCOC1c1ccc2ncccc2c1. The van der Waals surface area contributed by atoms with E-state index in [0.29, 0.717) is 5.92 Å². The Morgan fingerprint density at radius 3 is 2.95 bits per heavy atom. The lowest BCUT2D eigenvalue weighted by molar-refractivity contribution is 0.0890. The molecule has 3 nitrogen and oxygen atoms in total. The molecule has 2 heterocycles. The van der Waals surface area contributed by atoms with Crippen molar-refractivity contribution in [3.05, 3.63) is 42.1 Å². The molecule has 1 aromatic carbocycles. The minimum Gasteiger partial charge on any atom is -0.373 e. The average molecular weight is 284 g/mol. The quantitative estimate of drug-likeness (QED) is 0.933. The molecule has 3 heteroatoms. The highest BCUT2D eigenvalue weighted by molar-refractivity contribution is 5.79. The normalized spacial score (nSPS) is 22.8. The van der Waals surface area contributed by atoms with E-state index in [-0.39, 0.29) is 11.6 Å². The average Bonchev–Trinajstić information content (AvgIpc) is 2.92. The van der Waals surface area contributed by atoms with E-state index in [9.17, 15) is 0 Å². The molecule has 2 unspecified atom stereocenters. The summed E-state index contributed by atoms with van der Waals surface area (Å²) in [7, 11) is 0. The Bertz CT molecular complexity index is 618. The van der Waals surface area contributed by atoms with Crippen LogP contribution in [0.2, 0.25) is 0 Å². The highest BCUT2D eigenvalue weighted by atomic mass is 16.5. The lowest BCUT2D eigenvalue weighted by atomic mass is 9.93. The van der Waals surface area contributed by atoms with Crippen LogP contribution in [0.25, 0.3) is 10.9 Å². The third-order valence-corrected chi connectivity index (χ3v) is 4.06. The van der Waals surface area contributed by atoms with Crippen molar-refractivity contribution in [2.24, 2.45) is 5.92 Å². The standard InChI is InChI=1S/C18H24N2O/c1-18(2,3)20-12-15-8-10-21-17(15)14-6-7-16-13(11-14)5-4-9-19-16/h4-7,9,11,15,17,20H,8,10,12H2,1-3H3. The first-order valence-electron chi connectivity index (χ1n) is 7.74. The number of hydrogen-bond acceptors (Lipinski definition) is 3. The maximum Gasteiger partial charge on any atom is 0.0866 e. The lowest BCUT2D eigenvalue weighted by Crippen LogP contribution is -2.39. The van der Waals surface area contributed by atoms with E-state index >= 15 is 0 Å². The first kappa shape index (κ1) is 14.5. The van der Waals surface area contributed by atoms with Crippen molar-refractivity contribution in [2.75, 3.05) is 13.2 Å². The first-order chi connectivity index (χ1) is 10.0. The smallest absolute Gasteiger partial charge is 0.0866 e. The van der Waals surface area contributed by atoms with Gasteiger partial charge in [-0.3, -0.25) is 4.98 Å². The Hall–Kier alpha value is -1.45. The Morgan fingerprint density at radius 1 is 1.29 bits per heavy atom. The molecule has 1 aromatic heterocycles. The second-order valence-electron chi connectivity index (χ2n) is 6.93. The highest BCUT2D eigenvalue weighted by Crippen LogP contribution is 2.35. The Kier molecular flexibility index (Phi) is 3.96. The van der Waals surface area contributed by atoms with Crippen LogP contribution in [0.1, 0.15) is 38.9 Å². The van der Waals surface area contributed by atoms with Gasteiger partial charge >= 0.3 is 0 Å². The molecule has 2 atom stereocenters. The van der Waals surface area contributed by atoms with Crippen LogP contribution in [0.4, 0.5) is 0 Å². The molecule has 1 saturated heterocycles. The molecular formula is C18H24N2O. The van der Waals surface area contributed by atoms with Crippen molar-refractivity contribution in [3.63, 3.8) is 0 Å². The number of pyridine rings is 1. The number of aromatic nitrogens is 1. The molecule has 1 aliphatic rings. The fourth-order valence-corrected chi connectivity index (χ4v) is 2.92. The van der Waals surface area contributed by atoms with E-state index < -0.39 is 0 Å². The maximum absolute atomic E-state index is 6.01. The molecule has 21 heavy (non-hydrogen) atoms. The number of benzene rings is 1. The van der Waals surface area contributed by atoms with Crippen LogP contribution in [-0.2, 0) is 4.74 Å². The number of fused-ring (bicyclic) bond motifs is 1. The van der Waals surface area contributed by atoms with Crippen molar-refractivity contribution in [2.45, 2.75) is 38.8 Å². The van der Waals surface area contributed by atoms with E-state index in [1.54, 1.807) is 0 Å². The second-order valence-corrected chi connectivity index (χ2v) is 6.93. The minimum atomic E-state index is 0.153. The van der Waals surface area contributed by atoms with Crippen LogP contribution >= 0.6 is 0 Å². The fraction of sp³-hybridized carbons (Fsp3) is 0.500. The zero-order valence-corrected chi connectivity index (χ0v) is 13.1. The van der Waals surface area contributed by atoms with Crippen molar-refractivity contribution >= 4 is 10.9 Å². The van der Waals surface area contributed by atoms with Gasteiger partial charge in [-0.05, 0) is 51.0 Å². The van der Waals surface area contributed by atoms with Crippen LogP contribution in [-0.4, -0.2) is 23.7 Å². The maximum atomic E-state index is 6.01. The zero-order chi connectivity index (χ0) is 14.9. The van der Waals surface area contributed by atoms with Gasteiger partial charge in [0.25, 0.3) is 0 Å². The van der Waals surface area contributed by atoms with Crippen LogP contribution in [0.15, 0.2) is 36.5 Å². The molecule has 0 aliphatic carbocycles. The van der Waals surface area contributed by atoms with Gasteiger partial charge in [0.15, 0.2) is 0 Å². The Labute approximate surface area is 126 Å². The molecule has 0 amide bonds. The van der Waals surface area contributed by atoms with Gasteiger partial charge in [-0.2, -0.15) is 0 Å². The minimum absolute atomic E-state index is 0.153. The molecule has 2 aromatic rings. The topological polar surface area (TPSA) is 34.1 Å². The van der Waals surface area contributed by atoms with Gasteiger partial charge in [0, 0.05) is 36.2 Å². The highest BCUT2D eigenvalue weighted by Gasteiger charge is 2.30. The van der Waals surface area contributed by atoms with E-state index in [0.717, 1.165) is 25.1 Å². The van der Waals surface area contributed by atoms with E-state index in [4.69, 9.17) is 4.74 Å². The molecule has 0 radical (unpaired) electrons. The summed E-state index contributed by atoms with van der Waals surface area (Å²) in [5.41, 5.74) is 2.47. The van der Waals surface area contributed by atoms with Gasteiger partial charge in [0.2, 0.25) is 0 Å². The molecule has 1 fully saturated rings. The van der Waals surface area contributed by atoms with Crippen molar-refractivity contribution < 1.29 is 4.74 Å². The number of nitrogens with zero attached hydrogens (tertiary/aromatic N) is 1. The van der Waals surface area contributed by atoms with Crippen LogP contribution in [0, 0.1) is 5.92 Å². The van der Waals surface area contributed by atoms with E-state index in [1.165, 1.54) is 10.9 Å². The molecule has 112 valence electrons. The monoisotopic (exact) mass is 284 g/mol. The molecule has 0 spiro atoms. The van der Waals surface area contributed by atoms with E-state index in [2.05, 4.69) is 55.3 Å². The van der Waals surface area contributed by atoms with Crippen LogP contribution < -0.4 is 5.32 Å². The molecule has 0 saturated carbocycles. The first-order valence-corrected chi connectivity index (χ1v) is 7.74. The van der Waals surface area contributed by atoms with Gasteiger partial charge in [-0.25, -0.2) is 0 Å². The lowest BCUT2D eigenvalue weighted by Gasteiger charge is -2.26. The third kappa shape index (κ3) is 3.42. The third-order valence-electron chi connectivity index (χ3n) is 4.06. The summed E-state index contributed by atoms with van der Waals surface area (Å²) >= 11 is 0. The predicted octanol–water partition coefficient (Wildman–Crippen LogP) is 3.70.